The van der Waals surface area contributed by atoms with Gasteiger partial charge in [-0.2, -0.15) is 0 Å². The topological polar surface area (TPSA) is 138 Å². The standard InChI is InChI=1S/C22H12N2O4.C22H16N2/c25-23(26)21-14-20(15-22(16-21)24(27)28)13-12-19-10-8-18(9-11-19)7-6-17-4-2-1-3-5-17;23-21-14-20(15-22(24)16-21)13-12-19-10-8-18(9-11-19)7-6-17-4-2-1-3-5-17/h1-5,8-11,14-16H;1-5,8-11,14-16H,23-24H2. The summed E-state index contributed by atoms with van der Waals surface area (Å²) in [5, 5.41) is 21.9. The van der Waals surface area contributed by atoms with Gasteiger partial charge in [0.05, 0.1) is 15.9 Å². The number of benzene rings is 6. The van der Waals surface area contributed by atoms with Gasteiger partial charge in [-0.25, -0.2) is 0 Å². The summed E-state index contributed by atoms with van der Waals surface area (Å²) in [6, 6.07) is 43.2. The van der Waals surface area contributed by atoms with Crippen molar-refractivity contribution >= 4 is 22.7 Å². The van der Waals surface area contributed by atoms with Gasteiger partial charge in [0.25, 0.3) is 11.4 Å². The third kappa shape index (κ3) is 11.0. The van der Waals surface area contributed by atoms with Gasteiger partial charge in [-0.1, -0.05) is 83.8 Å². The predicted octanol–water partition coefficient (Wildman–Crippen LogP) is 7.95. The van der Waals surface area contributed by atoms with Crippen LogP contribution in [0.1, 0.15) is 44.5 Å². The Morgan fingerprint density at radius 1 is 0.346 bits per heavy atom. The minimum absolute atomic E-state index is 0.203. The Morgan fingerprint density at radius 2 is 0.615 bits per heavy atom. The fourth-order valence-corrected chi connectivity index (χ4v) is 4.52. The van der Waals surface area contributed by atoms with Crippen LogP contribution in [0.25, 0.3) is 0 Å². The van der Waals surface area contributed by atoms with Gasteiger partial charge in [0.2, 0.25) is 0 Å². The third-order valence-electron chi connectivity index (χ3n) is 7.02. The zero-order chi connectivity index (χ0) is 36.7. The maximum atomic E-state index is 10.9. The predicted molar refractivity (Wildman–Crippen MR) is 205 cm³/mol. The molecule has 4 N–H and O–H groups in total. The molecule has 6 aromatic rings. The summed E-state index contributed by atoms with van der Waals surface area (Å²) in [7, 11) is 0. The average Bonchev–Trinajstić information content (AvgIpc) is 3.16. The van der Waals surface area contributed by atoms with Crippen LogP contribution in [0.5, 0.6) is 0 Å². The van der Waals surface area contributed by atoms with Crippen molar-refractivity contribution in [2.24, 2.45) is 0 Å². The molecule has 0 saturated heterocycles. The number of nitrogen functional groups attached to an aromatic ring is 2. The van der Waals surface area contributed by atoms with Gasteiger partial charge in [0.15, 0.2) is 0 Å². The molecule has 6 aromatic carbocycles. The SMILES string of the molecule is Nc1cc(N)cc(C#Cc2ccc(C#Cc3ccccc3)cc2)c1.O=[N+]([O-])c1cc(C#Cc2ccc(C#Cc3ccccc3)cc2)cc([N+](=O)[O-])c1. The number of rotatable bonds is 2. The summed E-state index contributed by atoms with van der Waals surface area (Å²) in [4.78, 5) is 20.5. The molecule has 0 bridgehead atoms. The largest absolute Gasteiger partial charge is 0.399 e. The zero-order valence-electron chi connectivity index (χ0n) is 27.5. The van der Waals surface area contributed by atoms with E-state index < -0.39 is 9.85 Å². The van der Waals surface area contributed by atoms with Crippen molar-refractivity contribution in [2.45, 2.75) is 0 Å². The fourth-order valence-electron chi connectivity index (χ4n) is 4.52. The van der Waals surface area contributed by atoms with Crippen LogP contribution in [0.4, 0.5) is 22.7 Å². The summed E-state index contributed by atoms with van der Waals surface area (Å²) >= 11 is 0. The minimum Gasteiger partial charge on any atom is -0.399 e. The number of anilines is 2. The highest BCUT2D eigenvalue weighted by atomic mass is 16.6. The van der Waals surface area contributed by atoms with E-state index in [0.717, 1.165) is 39.4 Å². The highest BCUT2D eigenvalue weighted by Crippen LogP contribution is 2.22. The van der Waals surface area contributed by atoms with Crippen molar-refractivity contribution in [1.29, 1.82) is 0 Å². The molecular weight excluding hydrogens is 649 g/mol. The Morgan fingerprint density at radius 3 is 0.923 bits per heavy atom. The molecule has 0 aliphatic rings. The van der Waals surface area contributed by atoms with E-state index in [1.807, 2.05) is 109 Å². The van der Waals surface area contributed by atoms with Crippen LogP contribution in [0.15, 0.2) is 146 Å². The Kier molecular flexibility index (Phi) is 11.8. The summed E-state index contributed by atoms with van der Waals surface area (Å²) in [6.45, 7) is 0. The number of hydrogen-bond donors (Lipinski definition) is 2. The second-order valence-corrected chi connectivity index (χ2v) is 11.0. The number of non-ortho nitro benzene ring substituents is 2. The van der Waals surface area contributed by atoms with Crippen molar-refractivity contribution in [3.63, 3.8) is 0 Å². The van der Waals surface area contributed by atoms with E-state index in [0.29, 0.717) is 16.9 Å². The van der Waals surface area contributed by atoms with E-state index in [2.05, 4.69) is 47.4 Å². The van der Waals surface area contributed by atoms with Crippen molar-refractivity contribution in [2.75, 3.05) is 11.5 Å². The van der Waals surface area contributed by atoms with Crippen LogP contribution >= 0.6 is 0 Å². The third-order valence-corrected chi connectivity index (χ3v) is 7.02. The number of hydrogen-bond acceptors (Lipinski definition) is 6. The molecule has 0 spiro atoms. The number of nitro benzene ring substituents is 2. The molecule has 0 aromatic heterocycles. The molecule has 8 nitrogen and oxygen atoms in total. The van der Waals surface area contributed by atoms with Gasteiger partial charge < -0.3 is 11.5 Å². The Hall–Kier alpha value is -8.04. The van der Waals surface area contributed by atoms with E-state index in [1.54, 1.807) is 18.2 Å². The quantitative estimate of drug-likeness (QED) is 0.0826. The number of nitro groups is 2. The Labute approximate surface area is 301 Å². The maximum absolute atomic E-state index is 10.9. The average molecular weight is 677 g/mol. The van der Waals surface area contributed by atoms with Crippen LogP contribution in [0.2, 0.25) is 0 Å². The van der Waals surface area contributed by atoms with E-state index in [1.165, 1.54) is 12.1 Å². The molecule has 0 saturated carbocycles. The molecule has 0 atom stereocenters. The molecule has 6 rings (SSSR count). The lowest BCUT2D eigenvalue weighted by atomic mass is 10.1. The van der Waals surface area contributed by atoms with Crippen LogP contribution in [0, 0.1) is 67.6 Å². The second kappa shape index (κ2) is 17.4. The van der Waals surface area contributed by atoms with Gasteiger partial charge in [0.1, 0.15) is 0 Å². The molecule has 0 aliphatic heterocycles. The molecule has 0 radical (unpaired) electrons. The first-order chi connectivity index (χ1) is 25.2. The lowest BCUT2D eigenvalue weighted by molar-refractivity contribution is -0.394. The van der Waals surface area contributed by atoms with Crippen molar-refractivity contribution in [3.8, 4) is 47.4 Å². The second-order valence-electron chi connectivity index (χ2n) is 11.0. The van der Waals surface area contributed by atoms with Crippen molar-refractivity contribution in [1.82, 2.24) is 0 Å². The minimum atomic E-state index is -0.682. The monoisotopic (exact) mass is 676 g/mol. The van der Waals surface area contributed by atoms with Crippen molar-refractivity contribution in [3.05, 3.63) is 210 Å². The van der Waals surface area contributed by atoms with Crippen LogP contribution < -0.4 is 11.5 Å². The van der Waals surface area contributed by atoms with Crippen LogP contribution in [-0.2, 0) is 0 Å². The highest BCUT2D eigenvalue weighted by molar-refractivity contribution is 5.59. The van der Waals surface area contributed by atoms with Gasteiger partial charge in [-0.05, 0) is 91.0 Å². The molecule has 0 fully saturated rings. The normalized spacial score (nSPS) is 9.38. The van der Waals surface area contributed by atoms with Crippen LogP contribution in [0.3, 0.4) is 0 Å². The smallest absolute Gasteiger partial charge is 0.277 e. The van der Waals surface area contributed by atoms with Gasteiger partial charge in [0, 0.05) is 68.0 Å². The number of nitrogens with zero attached hydrogens (tertiary/aromatic N) is 2. The zero-order valence-corrected chi connectivity index (χ0v) is 27.5. The molecule has 52 heavy (non-hydrogen) atoms. The van der Waals surface area contributed by atoms with E-state index >= 15 is 0 Å². The molecular formula is C44H28N4O4. The first-order valence-corrected chi connectivity index (χ1v) is 15.7. The summed E-state index contributed by atoms with van der Waals surface area (Å²) in [5.74, 6) is 24.2. The van der Waals surface area contributed by atoms with Gasteiger partial charge in [-0.3, -0.25) is 20.2 Å². The lowest BCUT2D eigenvalue weighted by Gasteiger charge is -1.97. The maximum Gasteiger partial charge on any atom is 0.277 e. The molecule has 0 unspecified atom stereocenters. The van der Waals surface area contributed by atoms with E-state index in [9.17, 15) is 20.2 Å². The van der Waals surface area contributed by atoms with Gasteiger partial charge in [-0.15, -0.1) is 0 Å². The molecule has 0 heterocycles. The fraction of sp³-hybridized carbons (Fsp3) is 0. The Balaban J connectivity index is 0.000000203. The van der Waals surface area contributed by atoms with Crippen LogP contribution in [-0.4, -0.2) is 9.85 Å². The van der Waals surface area contributed by atoms with E-state index in [-0.39, 0.29) is 16.9 Å². The molecule has 0 aliphatic carbocycles. The summed E-state index contributed by atoms with van der Waals surface area (Å²) < 4.78 is 0. The molecule has 8 heteroatoms. The highest BCUT2D eigenvalue weighted by Gasteiger charge is 2.15. The first-order valence-electron chi connectivity index (χ1n) is 15.7. The lowest BCUT2D eigenvalue weighted by Crippen LogP contribution is -1.94. The summed E-state index contributed by atoms with van der Waals surface area (Å²) in [5.41, 5.74) is 18.3. The summed E-state index contributed by atoms with van der Waals surface area (Å²) in [6.07, 6.45) is 0. The first kappa shape index (κ1) is 35.3. The number of nitrogens with two attached hydrogens (primary N) is 2. The van der Waals surface area contributed by atoms with Gasteiger partial charge >= 0.3 is 0 Å². The van der Waals surface area contributed by atoms with Crippen molar-refractivity contribution < 1.29 is 9.85 Å². The Bertz CT molecular complexity index is 2430. The van der Waals surface area contributed by atoms with E-state index in [4.69, 9.17) is 11.5 Å². The molecule has 0 amide bonds. The molecule has 248 valence electrons.